The topological polar surface area (TPSA) is 54.9 Å². The van der Waals surface area contributed by atoms with Crippen LogP contribution in [0, 0.1) is 6.92 Å². The third-order valence-electron chi connectivity index (χ3n) is 5.39. The van der Waals surface area contributed by atoms with Crippen LogP contribution in [-0.4, -0.2) is 55.6 Å². The first-order chi connectivity index (χ1) is 14.3. The summed E-state index contributed by atoms with van der Waals surface area (Å²) < 4.78 is 11.9. The molecular formula is C23H29N3O3S. The molecule has 0 fully saturated rings. The highest BCUT2D eigenvalue weighted by molar-refractivity contribution is 7.18. The van der Waals surface area contributed by atoms with Crippen molar-refractivity contribution in [2.45, 2.75) is 26.4 Å². The first-order valence-electron chi connectivity index (χ1n) is 9.85. The standard InChI is InChI=1S/C23H29N3O3S/c1-15-11-19(28-5)20(29-6)12-17(15)13-26(4)22(27)14-25(3)16(2)23-24-18-9-7-8-10-21(18)30-23/h7-12,16H,13-14H2,1-6H3/t16-/m0/s1. The SMILES string of the molecule is COc1cc(C)c(CN(C)C(=O)CN(C)[C@@H](C)c2nc3ccccc3s2)cc1OC. The molecule has 0 aliphatic carbocycles. The molecule has 0 aliphatic rings. The Morgan fingerprint density at radius 2 is 1.80 bits per heavy atom. The third kappa shape index (κ3) is 4.74. The fraction of sp³-hybridized carbons (Fsp3) is 0.391. The minimum absolute atomic E-state index is 0.0552. The van der Waals surface area contributed by atoms with Gasteiger partial charge >= 0.3 is 0 Å². The molecular weight excluding hydrogens is 398 g/mol. The van der Waals surface area contributed by atoms with Crippen LogP contribution in [0.1, 0.15) is 29.1 Å². The average molecular weight is 428 g/mol. The zero-order chi connectivity index (χ0) is 21.8. The number of benzene rings is 2. The Labute approximate surface area is 182 Å². The molecule has 6 nitrogen and oxygen atoms in total. The van der Waals surface area contributed by atoms with Crippen LogP contribution in [0.2, 0.25) is 0 Å². The number of hydrogen-bond donors (Lipinski definition) is 0. The maximum absolute atomic E-state index is 12.9. The van der Waals surface area contributed by atoms with E-state index in [1.165, 1.54) is 4.70 Å². The molecule has 0 spiro atoms. The number of fused-ring (bicyclic) bond motifs is 1. The van der Waals surface area contributed by atoms with E-state index in [0.717, 1.165) is 21.7 Å². The molecule has 3 aromatic rings. The van der Waals surface area contributed by atoms with Crippen molar-refractivity contribution in [2.24, 2.45) is 0 Å². The van der Waals surface area contributed by atoms with Crippen LogP contribution >= 0.6 is 11.3 Å². The van der Waals surface area contributed by atoms with Gasteiger partial charge in [0.1, 0.15) is 5.01 Å². The van der Waals surface area contributed by atoms with Crippen LogP contribution in [0.3, 0.4) is 0 Å². The van der Waals surface area contributed by atoms with E-state index in [1.54, 1.807) is 30.5 Å². The fourth-order valence-electron chi connectivity index (χ4n) is 3.27. The highest BCUT2D eigenvalue weighted by Crippen LogP contribution is 2.31. The molecule has 0 unspecified atom stereocenters. The molecule has 2 aromatic carbocycles. The molecule has 0 radical (unpaired) electrons. The Morgan fingerprint density at radius 3 is 2.47 bits per heavy atom. The quantitative estimate of drug-likeness (QED) is 0.537. The summed E-state index contributed by atoms with van der Waals surface area (Å²) in [5.74, 6) is 1.41. The van der Waals surface area contributed by atoms with Crippen molar-refractivity contribution in [2.75, 3.05) is 34.9 Å². The van der Waals surface area contributed by atoms with Gasteiger partial charge in [0, 0.05) is 13.6 Å². The van der Waals surface area contributed by atoms with Gasteiger partial charge in [-0.05, 0) is 56.3 Å². The Hall–Kier alpha value is -2.64. The maximum Gasteiger partial charge on any atom is 0.236 e. The van der Waals surface area contributed by atoms with Gasteiger partial charge in [0.25, 0.3) is 0 Å². The molecule has 1 aromatic heterocycles. The molecule has 1 atom stereocenters. The van der Waals surface area contributed by atoms with Crippen LogP contribution < -0.4 is 9.47 Å². The first-order valence-corrected chi connectivity index (χ1v) is 10.7. The number of carbonyl (C=O) groups excluding carboxylic acids is 1. The van der Waals surface area contributed by atoms with E-state index in [-0.39, 0.29) is 11.9 Å². The molecule has 1 heterocycles. The highest BCUT2D eigenvalue weighted by atomic mass is 32.1. The second-order valence-electron chi connectivity index (χ2n) is 7.49. The number of aryl methyl sites for hydroxylation is 1. The molecule has 1 amide bonds. The average Bonchev–Trinajstić information content (AvgIpc) is 3.18. The summed E-state index contributed by atoms with van der Waals surface area (Å²) >= 11 is 1.68. The van der Waals surface area contributed by atoms with Crippen LogP contribution in [0.15, 0.2) is 36.4 Å². The minimum atomic E-state index is 0.0552. The van der Waals surface area contributed by atoms with Crippen molar-refractivity contribution < 1.29 is 14.3 Å². The zero-order valence-electron chi connectivity index (χ0n) is 18.4. The Balaban J connectivity index is 1.66. The number of carbonyl (C=O) groups is 1. The zero-order valence-corrected chi connectivity index (χ0v) is 19.2. The van der Waals surface area contributed by atoms with Gasteiger partial charge in [0.15, 0.2) is 11.5 Å². The van der Waals surface area contributed by atoms with E-state index < -0.39 is 0 Å². The number of amides is 1. The number of rotatable bonds is 8. The molecule has 0 N–H and O–H groups in total. The van der Waals surface area contributed by atoms with Crippen molar-refractivity contribution in [3.8, 4) is 11.5 Å². The van der Waals surface area contributed by atoms with Gasteiger partial charge in [-0.1, -0.05) is 12.1 Å². The number of para-hydroxylation sites is 1. The van der Waals surface area contributed by atoms with E-state index in [9.17, 15) is 4.79 Å². The lowest BCUT2D eigenvalue weighted by molar-refractivity contribution is -0.131. The summed E-state index contributed by atoms with van der Waals surface area (Å²) in [5, 5.41) is 1.02. The Morgan fingerprint density at radius 1 is 1.13 bits per heavy atom. The minimum Gasteiger partial charge on any atom is -0.493 e. The summed E-state index contributed by atoms with van der Waals surface area (Å²) in [7, 11) is 7.03. The van der Waals surface area contributed by atoms with Crippen molar-refractivity contribution in [1.82, 2.24) is 14.8 Å². The lowest BCUT2D eigenvalue weighted by Gasteiger charge is -2.26. The highest BCUT2D eigenvalue weighted by Gasteiger charge is 2.21. The maximum atomic E-state index is 12.9. The summed E-state index contributed by atoms with van der Waals surface area (Å²) in [6.07, 6.45) is 0. The van der Waals surface area contributed by atoms with Crippen molar-refractivity contribution in [3.63, 3.8) is 0 Å². The van der Waals surface area contributed by atoms with Crippen LogP contribution in [-0.2, 0) is 11.3 Å². The summed E-state index contributed by atoms with van der Waals surface area (Å²) in [6.45, 7) is 4.93. The van der Waals surface area contributed by atoms with Crippen LogP contribution in [0.25, 0.3) is 10.2 Å². The third-order valence-corrected chi connectivity index (χ3v) is 6.60. The normalized spacial score (nSPS) is 12.2. The molecule has 3 rings (SSSR count). The lowest BCUT2D eigenvalue weighted by atomic mass is 10.1. The predicted octanol–water partition coefficient (Wildman–Crippen LogP) is 4.27. The van der Waals surface area contributed by atoms with E-state index >= 15 is 0 Å². The second kappa shape index (κ2) is 9.45. The predicted molar refractivity (Wildman–Crippen MR) is 121 cm³/mol. The lowest BCUT2D eigenvalue weighted by Crippen LogP contribution is -2.37. The van der Waals surface area contributed by atoms with Crippen molar-refractivity contribution >= 4 is 27.5 Å². The van der Waals surface area contributed by atoms with Gasteiger partial charge in [0.2, 0.25) is 5.91 Å². The second-order valence-corrected chi connectivity index (χ2v) is 8.56. The number of ether oxygens (including phenoxy) is 2. The largest absolute Gasteiger partial charge is 0.493 e. The van der Waals surface area contributed by atoms with E-state index in [2.05, 4.69) is 13.0 Å². The van der Waals surface area contributed by atoms with Gasteiger partial charge in [-0.2, -0.15) is 0 Å². The van der Waals surface area contributed by atoms with Crippen molar-refractivity contribution in [3.05, 3.63) is 52.5 Å². The molecule has 0 aliphatic heterocycles. The fourth-order valence-corrected chi connectivity index (χ4v) is 4.35. The first kappa shape index (κ1) is 22.1. The van der Waals surface area contributed by atoms with Gasteiger partial charge in [-0.3, -0.25) is 9.69 Å². The number of nitrogens with zero attached hydrogens (tertiary/aromatic N) is 3. The van der Waals surface area contributed by atoms with E-state index in [0.29, 0.717) is 24.6 Å². The van der Waals surface area contributed by atoms with Crippen LogP contribution in [0.5, 0.6) is 11.5 Å². The molecule has 0 saturated heterocycles. The number of likely N-dealkylation sites (N-methyl/N-ethyl adjacent to an activating group) is 2. The Kier molecular flexibility index (Phi) is 6.95. The number of methoxy groups -OCH3 is 2. The summed E-state index contributed by atoms with van der Waals surface area (Å²) in [6, 6.07) is 12.0. The monoisotopic (exact) mass is 427 g/mol. The molecule has 0 saturated carbocycles. The Bertz CT molecular complexity index is 1000. The number of thiazole rings is 1. The van der Waals surface area contributed by atoms with Gasteiger partial charge in [-0.25, -0.2) is 4.98 Å². The molecule has 160 valence electrons. The number of aromatic nitrogens is 1. The summed E-state index contributed by atoms with van der Waals surface area (Å²) in [5.41, 5.74) is 3.10. The molecule has 0 bridgehead atoms. The molecule has 7 heteroatoms. The van der Waals surface area contributed by atoms with Crippen molar-refractivity contribution in [1.29, 1.82) is 0 Å². The van der Waals surface area contributed by atoms with Crippen LogP contribution in [0.4, 0.5) is 0 Å². The van der Waals surface area contributed by atoms with Gasteiger partial charge in [0.05, 0.1) is 37.0 Å². The van der Waals surface area contributed by atoms with E-state index in [1.807, 2.05) is 56.3 Å². The van der Waals surface area contributed by atoms with Gasteiger partial charge < -0.3 is 14.4 Å². The van der Waals surface area contributed by atoms with Gasteiger partial charge in [-0.15, -0.1) is 11.3 Å². The van der Waals surface area contributed by atoms with E-state index in [4.69, 9.17) is 14.5 Å². The smallest absolute Gasteiger partial charge is 0.236 e. The molecule has 30 heavy (non-hydrogen) atoms. The number of hydrogen-bond acceptors (Lipinski definition) is 6. The summed E-state index contributed by atoms with van der Waals surface area (Å²) in [4.78, 5) is 21.4.